The Kier molecular flexibility index (Phi) is 6.41. The first kappa shape index (κ1) is 23.1. The van der Waals surface area contributed by atoms with Crippen LogP contribution >= 0.6 is 34.8 Å². The van der Waals surface area contributed by atoms with Crippen LogP contribution < -0.4 is 9.47 Å². The quantitative estimate of drug-likeness (QED) is 0.357. The fraction of sp³-hybridized carbons (Fsp3) is 0.444. The zero-order valence-electron chi connectivity index (χ0n) is 18.6. The van der Waals surface area contributed by atoms with E-state index >= 15 is 0 Å². The van der Waals surface area contributed by atoms with E-state index in [1.165, 1.54) is 19.3 Å². The van der Waals surface area contributed by atoms with Crippen LogP contribution in [-0.4, -0.2) is 12.9 Å². The third-order valence-corrected chi connectivity index (χ3v) is 8.41. The lowest BCUT2D eigenvalue weighted by Crippen LogP contribution is -2.49. The number of rotatable bonds is 7. The van der Waals surface area contributed by atoms with Gasteiger partial charge in [0, 0.05) is 16.0 Å². The van der Waals surface area contributed by atoms with Crippen molar-refractivity contribution in [3.8, 4) is 11.5 Å². The third-order valence-electron chi connectivity index (χ3n) is 7.63. The summed E-state index contributed by atoms with van der Waals surface area (Å²) in [5, 5.41) is 1.15. The second-order valence-corrected chi connectivity index (χ2v) is 11.2. The Hall–Kier alpha value is -1.68. The lowest BCUT2D eigenvalue weighted by Gasteiger charge is -2.55. The summed E-state index contributed by atoms with van der Waals surface area (Å²) in [6.45, 7) is 0.217. The molecule has 0 heterocycles. The van der Waals surface area contributed by atoms with Crippen LogP contribution in [0.5, 0.6) is 11.5 Å². The zero-order chi connectivity index (χ0) is 23.2. The minimum Gasteiger partial charge on any atom is -0.496 e. The van der Waals surface area contributed by atoms with Crippen LogP contribution in [0.2, 0.25) is 15.1 Å². The molecule has 0 aliphatic heterocycles. The SMILES string of the molecule is COc1ccc(/C=C/C(=O)C23CC4CC(CC(C4)C2)C3)cc1COc1c(Cl)cc(Cl)cc1Cl. The van der Waals surface area contributed by atoms with E-state index in [9.17, 15) is 4.79 Å². The molecular formula is C27H27Cl3O3. The summed E-state index contributed by atoms with van der Waals surface area (Å²) in [6, 6.07) is 9.00. The van der Waals surface area contributed by atoms with Crippen molar-refractivity contribution in [2.45, 2.75) is 45.1 Å². The molecule has 174 valence electrons. The number of allylic oxidation sites excluding steroid dienone is 1. The predicted molar refractivity (Wildman–Crippen MR) is 133 cm³/mol. The number of carbonyl (C=O) groups excluding carboxylic acids is 1. The van der Waals surface area contributed by atoms with Gasteiger partial charge in [0.2, 0.25) is 0 Å². The Balaban J connectivity index is 1.32. The van der Waals surface area contributed by atoms with Crippen LogP contribution in [0.1, 0.15) is 49.7 Å². The van der Waals surface area contributed by atoms with Gasteiger partial charge in [-0.3, -0.25) is 4.79 Å². The van der Waals surface area contributed by atoms with Crippen LogP contribution in [0.3, 0.4) is 0 Å². The molecule has 0 amide bonds. The molecule has 3 nitrogen and oxygen atoms in total. The minimum absolute atomic E-state index is 0.119. The number of carbonyl (C=O) groups is 1. The van der Waals surface area contributed by atoms with Gasteiger partial charge in [0.1, 0.15) is 12.4 Å². The van der Waals surface area contributed by atoms with E-state index in [2.05, 4.69) is 0 Å². The highest BCUT2D eigenvalue weighted by molar-refractivity contribution is 6.40. The average Bonchev–Trinajstić information content (AvgIpc) is 2.76. The molecule has 0 aromatic heterocycles. The summed E-state index contributed by atoms with van der Waals surface area (Å²) in [6.07, 6.45) is 10.9. The Morgan fingerprint density at radius 3 is 2.18 bits per heavy atom. The van der Waals surface area contributed by atoms with E-state index in [4.69, 9.17) is 44.3 Å². The van der Waals surface area contributed by atoms with Gasteiger partial charge < -0.3 is 9.47 Å². The summed E-state index contributed by atoms with van der Waals surface area (Å²) < 4.78 is 11.4. The zero-order valence-corrected chi connectivity index (χ0v) is 20.8. The first-order valence-corrected chi connectivity index (χ1v) is 12.7. The van der Waals surface area contributed by atoms with Crippen molar-refractivity contribution in [2.75, 3.05) is 7.11 Å². The number of methoxy groups -OCH3 is 1. The molecule has 0 radical (unpaired) electrons. The Bertz CT molecular complexity index is 1050. The minimum atomic E-state index is -0.119. The van der Waals surface area contributed by atoms with Crippen molar-refractivity contribution in [1.29, 1.82) is 0 Å². The van der Waals surface area contributed by atoms with Crippen LogP contribution in [0.25, 0.3) is 6.08 Å². The predicted octanol–water partition coefficient (Wildman–Crippen LogP) is 8.03. The molecule has 0 saturated heterocycles. The molecule has 4 saturated carbocycles. The molecule has 4 aliphatic carbocycles. The molecule has 0 N–H and O–H groups in total. The second-order valence-electron chi connectivity index (χ2n) is 9.95. The molecule has 33 heavy (non-hydrogen) atoms. The monoisotopic (exact) mass is 504 g/mol. The van der Waals surface area contributed by atoms with Crippen molar-refractivity contribution in [2.24, 2.45) is 23.2 Å². The molecule has 4 bridgehead atoms. The molecule has 6 heteroatoms. The van der Waals surface area contributed by atoms with Gasteiger partial charge in [0.15, 0.2) is 11.5 Å². The first-order chi connectivity index (χ1) is 15.8. The highest BCUT2D eigenvalue weighted by atomic mass is 35.5. The summed E-state index contributed by atoms with van der Waals surface area (Å²) in [4.78, 5) is 13.3. The summed E-state index contributed by atoms with van der Waals surface area (Å²) in [7, 11) is 1.62. The van der Waals surface area contributed by atoms with Gasteiger partial charge in [0.25, 0.3) is 0 Å². The van der Waals surface area contributed by atoms with Gasteiger partial charge in [0.05, 0.1) is 17.2 Å². The summed E-state index contributed by atoms with van der Waals surface area (Å²) >= 11 is 18.5. The van der Waals surface area contributed by atoms with Crippen LogP contribution in [0, 0.1) is 23.2 Å². The number of ketones is 1. The van der Waals surface area contributed by atoms with Crippen molar-refractivity contribution in [1.82, 2.24) is 0 Å². The normalized spacial score (nSPS) is 27.8. The molecule has 4 fully saturated rings. The molecule has 0 atom stereocenters. The maximum atomic E-state index is 13.3. The highest BCUT2D eigenvalue weighted by Crippen LogP contribution is 2.60. The van der Waals surface area contributed by atoms with Gasteiger partial charge in [-0.05, 0) is 92.2 Å². The van der Waals surface area contributed by atoms with Crippen molar-refractivity contribution in [3.05, 3.63) is 62.6 Å². The van der Waals surface area contributed by atoms with Crippen LogP contribution in [0.4, 0.5) is 0 Å². The van der Waals surface area contributed by atoms with E-state index in [0.29, 0.717) is 32.4 Å². The standard InChI is InChI=1S/C27H27Cl3O3/c1-32-24-4-2-16(9-20(24)15-33-26-22(29)10-21(28)11-23(26)30)3-5-25(31)27-12-17-6-18(13-27)8-19(7-17)14-27/h2-5,9-11,17-19H,6-8,12-15H2,1H3/b5-3+. The smallest absolute Gasteiger partial charge is 0.161 e. The van der Waals surface area contributed by atoms with E-state index in [1.54, 1.807) is 25.3 Å². The van der Waals surface area contributed by atoms with Gasteiger partial charge >= 0.3 is 0 Å². The Morgan fingerprint density at radius 2 is 1.61 bits per heavy atom. The highest BCUT2D eigenvalue weighted by Gasteiger charge is 2.53. The molecule has 0 unspecified atom stereocenters. The molecule has 4 aliphatic rings. The Labute approximate surface area is 210 Å². The number of halogens is 3. The summed E-state index contributed by atoms with van der Waals surface area (Å²) in [5.41, 5.74) is 1.65. The van der Waals surface area contributed by atoms with E-state index in [1.807, 2.05) is 24.3 Å². The number of hydrogen-bond donors (Lipinski definition) is 0. The van der Waals surface area contributed by atoms with Crippen molar-refractivity contribution >= 4 is 46.7 Å². The first-order valence-electron chi connectivity index (χ1n) is 11.5. The van der Waals surface area contributed by atoms with Crippen molar-refractivity contribution < 1.29 is 14.3 Å². The van der Waals surface area contributed by atoms with Gasteiger partial charge in [-0.2, -0.15) is 0 Å². The average molecular weight is 506 g/mol. The van der Waals surface area contributed by atoms with Gasteiger partial charge in [-0.1, -0.05) is 46.9 Å². The fourth-order valence-corrected chi connectivity index (χ4v) is 7.52. The van der Waals surface area contributed by atoms with E-state index in [-0.39, 0.29) is 12.0 Å². The molecule has 2 aromatic rings. The van der Waals surface area contributed by atoms with E-state index < -0.39 is 0 Å². The Morgan fingerprint density at radius 1 is 1.00 bits per heavy atom. The van der Waals surface area contributed by atoms with Crippen LogP contribution in [0.15, 0.2) is 36.4 Å². The number of benzene rings is 2. The maximum absolute atomic E-state index is 13.3. The molecular weight excluding hydrogens is 479 g/mol. The molecule has 0 spiro atoms. The lowest BCUT2D eigenvalue weighted by molar-refractivity contribution is -0.138. The van der Waals surface area contributed by atoms with Gasteiger partial charge in [-0.15, -0.1) is 0 Å². The van der Waals surface area contributed by atoms with E-state index in [0.717, 1.165) is 48.1 Å². The number of hydrogen-bond acceptors (Lipinski definition) is 3. The molecule has 6 rings (SSSR count). The number of ether oxygens (including phenoxy) is 2. The largest absolute Gasteiger partial charge is 0.496 e. The lowest BCUT2D eigenvalue weighted by atomic mass is 9.48. The van der Waals surface area contributed by atoms with Crippen LogP contribution in [-0.2, 0) is 11.4 Å². The fourth-order valence-electron chi connectivity index (χ4n) is 6.59. The molecule has 2 aromatic carbocycles. The van der Waals surface area contributed by atoms with Crippen molar-refractivity contribution in [3.63, 3.8) is 0 Å². The second kappa shape index (κ2) is 9.17. The maximum Gasteiger partial charge on any atom is 0.161 e. The summed E-state index contributed by atoms with van der Waals surface area (Å²) in [5.74, 6) is 3.64. The van der Waals surface area contributed by atoms with Gasteiger partial charge in [-0.25, -0.2) is 0 Å². The topological polar surface area (TPSA) is 35.5 Å². The third kappa shape index (κ3) is 4.65.